The molecule has 0 amide bonds. The van der Waals surface area contributed by atoms with E-state index in [-0.39, 0.29) is 5.54 Å². The van der Waals surface area contributed by atoms with Gasteiger partial charge in [0.15, 0.2) is 0 Å². The van der Waals surface area contributed by atoms with Crippen LogP contribution in [0.5, 0.6) is 0 Å². The third-order valence-corrected chi connectivity index (χ3v) is 4.32. The van der Waals surface area contributed by atoms with Gasteiger partial charge >= 0.3 is 0 Å². The molecule has 2 saturated heterocycles. The summed E-state index contributed by atoms with van der Waals surface area (Å²) < 4.78 is 4.15. The maximum Gasteiger partial charge on any atom is 0.281 e. The lowest BCUT2D eigenvalue weighted by atomic mass is 9.88. The Morgan fingerprint density at radius 2 is 2.75 bits per heavy atom. The zero-order valence-corrected chi connectivity index (χ0v) is 9.57. The van der Waals surface area contributed by atoms with E-state index < -0.39 is 0 Å². The Bertz CT molecular complexity index is 388. The quantitative estimate of drug-likeness (QED) is 0.559. The van der Waals surface area contributed by atoms with Crippen LogP contribution in [0, 0.1) is 5.92 Å². The Morgan fingerprint density at radius 1 is 1.81 bits per heavy atom. The zero-order valence-electron chi connectivity index (χ0n) is 8.76. The average Bonchev–Trinajstić information content (AvgIpc) is 2.89. The standard InChI is InChI=1S/C9H12BN3O2S/c14-6-10-13-3-7-4-15-12-9(7,5-13)8-1-2-11-16-8/h1-2,6-7,10,12H,3-5H2. The normalized spacial score (nSPS) is 33.9. The Morgan fingerprint density at radius 3 is 3.50 bits per heavy atom. The molecule has 84 valence electrons. The molecule has 0 radical (unpaired) electrons. The Balaban J connectivity index is 1.89. The fraction of sp³-hybridized carbons (Fsp3) is 0.556. The van der Waals surface area contributed by atoms with Gasteiger partial charge in [-0.1, -0.05) is 0 Å². The number of hydrogen-bond acceptors (Lipinski definition) is 6. The van der Waals surface area contributed by atoms with E-state index in [2.05, 4.69) is 14.7 Å². The lowest BCUT2D eigenvalue weighted by molar-refractivity contribution is 0.0554. The number of rotatable bonds is 3. The number of hydroxylamine groups is 1. The van der Waals surface area contributed by atoms with E-state index in [0.717, 1.165) is 19.3 Å². The van der Waals surface area contributed by atoms with Gasteiger partial charge in [0.05, 0.1) is 18.3 Å². The third kappa shape index (κ3) is 1.43. The second-order valence-electron chi connectivity index (χ2n) is 4.32. The molecule has 0 spiro atoms. The molecule has 1 aromatic heterocycles. The molecule has 0 bridgehead atoms. The summed E-state index contributed by atoms with van der Waals surface area (Å²) in [4.78, 5) is 19.3. The Labute approximate surface area is 98.2 Å². The van der Waals surface area contributed by atoms with Gasteiger partial charge in [0.25, 0.3) is 7.41 Å². The first-order valence-electron chi connectivity index (χ1n) is 5.31. The molecule has 0 aliphatic carbocycles. The summed E-state index contributed by atoms with van der Waals surface area (Å²) in [5.41, 5.74) is 2.99. The number of aromatic nitrogens is 1. The van der Waals surface area contributed by atoms with Crippen molar-refractivity contribution in [1.29, 1.82) is 0 Å². The number of carbonyl (C=O) groups excluding carboxylic acids is 1. The fourth-order valence-electron chi connectivity index (χ4n) is 2.62. The molecule has 7 heteroatoms. The first-order valence-corrected chi connectivity index (χ1v) is 6.08. The van der Waals surface area contributed by atoms with Gasteiger partial charge in [-0.25, -0.2) is 4.37 Å². The Hall–Kier alpha value is -0.755. The average molecular weight is 237 g/mol. The summed E-state index contributed by atoms with van der Waals surface area (Å²) in [6.07, 6.45) is 2.77. The molecule has 5 nitrogen and oxygen atoms in total. The van der Waals surface area contributed by atoms with Crippen LogP contribution < -0.4 is 5.48 Å². The summed E-state index contributed by atoms with van der Waals surface area (Å²) in [5, 5.41) is 0. The van der Waals surface area contributed by atoms with E-state index in [4.69, 9.17) is 4.84 Å². The van der Waals surface area contributed by atoms with E-state index in [1.165, 1.54) is 16.4 Å². The molecular formula is C9H12BN3O2S. The minimum atomic E-state index is -0.149. The maximum atomic E-state index is 10.6. The monoisotopic (exact) mass is 237 g/mol. The van der Waals surface area contributed by atoms with Gasteiger partial charge in [-0.05, 0) is 24.1 Å². The molecule has 1 aromatic rings. The molecule has 2 unspecified atom stereocenters. The lowest BCUT2D eigenvalue weighted by Gasteiger charge is -2.25. The number of hydrogen-bond donors (Lipinski definition) is 1. The molecule has 3 rings (SSSR count). The van der Waals surface area contributed by atoms with Gasteiger partial charge in [0.2, 0.25) is 0 Å². The largest absolute Gasteiger partial charge is 0.336 e. The summed E-state index contributed by atoms with van der Waals surface area (Å²) in [6.45, 7) is 2.43. The van der Waals surface area contributed by atoms with Gasteiger partial charge in [0, 0.05) is 23.5 Å². The van der Waals surface area contributed by atoms with Gasteiger partial charge in [0.1, 0.15) is 0 Å². The molecule has 2 fully saturated rings. The van der Waals surface area contributed by atoms with E-state index in [9.17, 15) is 4.79 Å². The first kappa shape index (κ1) is 10.4. The van der Waals surface area contributed by atoms with E-state index >= 15 is 0 Å². The van der Waals surface area contributed by atoms with Gasteiger partial charge < -0.3 is 14.4 Å². The molecule has 2 aliphatic heterocycles. The van der Waals surface area contributed by atoms with Crippen molar-refractivity contribution in [3.05, 3.63) is 17.1 Å². The van der Waals surface area contributed by atoms with Crippen molar-refractivity contribution < 1.29 is 9.63 Å². The SMILES string of the molecule is O=CBN1CC2CONC2(c2ccns2)C1. The molecule has 0 aromatic carbocycles. The van der Waals surface area contributed by atoms with Crippen molar-refractivity contribution in [2.75, 3.05) is 19.7 Å². The lowest BCUT2D eigenvalue weighted by Crippen LogP contribution is -2.43. The predicted molar refractivity (Wildman–Crippen MR) is 61.8 cm³/mol. The van der Waals surface area contributed by atoms with Gasteiger partial charge in [-0.15, -0.1) is 0 Å². The minimum absolute atomic E-state index is 0.149. The van der Waals surface area contributed by atoms with E-state index in [0.29, 0.717) is 19.9 Å². The van der Waals surface area contributed by atoms with Crippen LogP contribution in [0.1, 0.15) is 4.88 Å². The first-order chi connectivity index (χ1) is 7.85. The second kappa shape index (κ2) is 3.92. The summed E-state index contributed by atoms with van der Waals surface area (Å²) in [5.74, 6) is 0.410. The molecule has 1 N–H and O–H groups in total. The van der Waals surface area contributed by atoms with Crippen molar-refractivity contribution in [2.24, 2.45) is 5.92 Å². The van der Waals surface area contributed by atoms with Crippen LogP contribution >= 0.6 is 11.5 Å². The summed E-state index contributed by atoms with van der Waals surface area (Å²) >= 11 is 1.50. The predicted octanol–water partition coefficient (Wildman–Crippen LogP) is -0.653. The molecule has 2 atom stereocenters. The van der Waals surface area contributed by atoms with Crippen LogP contribution in [0.15, 0.2) is 12.3 Å². The highest BCUT2D eigenvalue weighted by atomic mass is 32.1. The smallest absolute Gasteiger partial charge is 0.281 e. The Kier molecular flexibility index (Phi) is 2.55. The fourth-order valence-corrected chi connectivity index (χ4v) is 3.41. The number of nitrogens with zero attached hydrogens (tertiary/aromatic N) is 2. The van der Waals surface area contributed by atoms with Crippen LogP contribution in [-0.2, 0) is 15.2 Å². The highest BCUT2D eigenvalue weighted by Crippen LogP contribution is 2.41. The van der Waals surface area contributed by atoms with Crippen molar-refractivity contribution in [1.82, 2.24) is 14.7 Å². The molecule has 16 heavy (non-hydrogen) atoms. The van der Waals surface area contributed by atoms with E-state index in [1.807, 2.05) is 12.3 Å². The van der Waals surface area contributed by atoms with Crippen LogP contribution in [0.2, 0.25) is 0 Å². The summed E-state index contributed by atoms with van der Waals surface area (Å²) in [7, 11) is 0.499. The minimum Gasteiger partial charge on any atom is -0.336 e. The van der Waals surface area contributed by atoms with E-state index in [1.54, 1.807) is 0 Å². The van der Waals surface area contributed by atoms with Crippen molar-refractivity contribution in [2.45, 2.75) is 5.54 Å². The number of nitrogens with one attached hydrogen (secondary N) is 1. The molecule has 0 saturated carbocycles. The number of fused-ring (bicyclic) bond motifs is 1. The van der Waals surface area contributed by atoms with Gasteiger partial charge in [-0.2, -0.15) is 5.48 Å². The van der Waals surface area contributed by atoms with Crippen LogP contribution in [0.4, 0.5) is 0 Å². The van der Waals surface area contributed by atoms with Crippen molar-refractivity contribution >= 4 is 25.1 Å². The zero-order chi connectivity index (χ0) is 11.0. The highest BCUT2D eigenvalue weighted by Gasteiger charge is 2.52. The second-order valence-corrected chi connectivity index (χ2v) is 5.15. The molecule has 2 aliphatic rings. The van der Waals surface area contributed by atoms with Gasteiger partial charge in [-0.3, -0.25) is 0 Å². The van der Waals surface area contributed by atoms with Crippen molar-refractivity contribution in [3.63, 3.8) is 0 Å². The van der Waals surface area contributed by atoms with Crippen LogP contribution in [-0.4, -0.2) is 42.5 Å². The highest BCUT2D eigenvalue weighted by molar-refractivity contribution is 7.05. The molecule has 3 heterocycles. The number of carbonyl (C=O) groups is 1. The summed E-state index contributed by atoms with van der Waals surface area (Å²) in [6, 6.07) is 2.03. The third-order valence-electron chi connectivity index (χ3n) is 3.40. The maximum absolute atomic E-state index is 10.6. The topological polar surface area (TPSA) is 54.5 Å². The van der Waals surface area contributed by atoms with Crippen LogP contribution in [0.3, 0.4) is 0 Å². The van der Waals surface area contributed by atoms with Crippen molar-refractivity contribution in [3.8, 4) is 0 Å². The molecular weight excluding hydrogens is 225 g/mol. The van der Waals surface area contributed by atoms with Crippen LogP contribution in [0.25, 0.3) is 0 Å².